The number of rotatable bonds is 6. The van der Waals surface area contributed by atoms with E-state index in [0.29, 0.717) is 23.5 Å². The molecule has 2 aromatic carbocycles. The zero-order valence-electron chi connectivity index (χ0n) is 12.4. The number of benzene rings is 2. The summed E-state index contributed by atoms with van der Waals surface area (Å²) in [5, 5.41) is 0. The molecular weight excluding hydrogens is 318 g/mol. The van der Waals surface area contributed by atoms with Crippen LogP contribution in [0.2, 0.25) is 0 Å². The zero-order valence-corrected chi connectivity index (χ0v) is 13.3. The van der Waals surface area contributed by atoms with Gasteiger partial charge < -0.3 is 15.9 Å². The summed E-state index contributed by atoms with van der Waals surface area (Å²) in [6, 6.07) is 12.1. The van der Waals surface area contributed by atoms with E-state index >= 15 is 0 Å². The van der Waals surface area contributed by atoms with Crippen LogP contribution in [0.1, 0.15) is 17.3 Å². The van der Waals surface area contributed by atoms with Crippen LogP contribution in [0.3, 0.4) is 0 Å². The van der Waals surface area contributed by atoms with Crippen LogP contribution in [-0.4, -0.2) is 21.0 Å². The van der Waals surface area contributed by atoms with E-state index in [1.54, 1.807) is 31.2 Å². The van der Waals surface area contributed by atoms with Crippen LogP contribution < -0.4 is 16.0 Å². The van der Waals surface area contributed by atoms with Gasteiger partial charge in [0.1, 0.15) is 0 Å². The van der Waals surface area contributed by atoms with Gasteiger partial charge in [0.25, 0.3) is 10.0 Å². The van der Waals surface area contributed by atoms with Gasteiger partial charge in [0, 0.05) is 11.4 Å². The average molecular weight is 335 g/mol. The van der Waals surface area contributed by atoms with Gasteiger partial charge in [0.15, 0.2) is 0 Å². The maximum Gasteiger partial charge on any atom is 0.338 e. The summed E-state index contributed by atoms with van der Waals surface area (Å²) in [4.78, 5) is 13.8. The Morgan fingerprint density at radius 3 is 2.48 bits per heavy atom. The molecule has 0 fully saturated rings. The summed E-state index contributed by atoms with van der Waals surface area (Å²) in [6.45, 7) is 2.01. The molecule has 0 heterocycles. The molecule has 0 amide bonds. The average Bonchev–Trinajstić information content (AvgIpc) is 2.54. The lowest BCUT2D eigenvalue weighted by molar-refractivity contribution is 0.0526. The van der Waals surface area contributed by atoms with Gasteiger partial charge >= 0.3 is 5.97 Å². The molecule has 0 saturated heterocycles. The van der Waals surface area contributed by atoms with Gasteiger partial charge in [0.05, 0.1) is 17.1 Å². The van der Waals surface area contributed by atoms with Gasteiger partial charge in [-0.2, -0.15) is 0 Å². The van der Waals surface area contributed by atoms with Crippen molar-refractivity contribution in [2.45, 2.75) is 11.8 Å². The Bertz CT molecular complexity index is 789. The molecule has 0 radical (unpaired) electrons. The van der Waals surface area contributed by atoms with Crippen molar-refractivity contribution in [3.05, 3.63) is 54.1 Å². The third-order valence-electron chi connectivity index (χ3n) is 2.89. The monoisotopic (exact) mass is 335 g/mol. The predicted octanol–water partition coefficient (Wildman–Crippen LogP) is 1.75. The van der Waals surface area contributed by atoms with Crippen LogP contribution >= 0.6 is 0 Å². The van der Waals surface area contributed by atoms with E-state index in [1.807, 2.05) is 0 Å². The predicted molar refractivity (Wildman–Crippen MR) is 87.2 cm³/mol. The second-order valence-electron chi connectivity index (χ2n) is 4.60. The smallest absolute Gasteiger partial charge is 0.338 e. The van der Waals surface area contributed by atoms with Gasteiger partial charge in [-0.15, -0.1) is 4.83 Å². The highest BCUT2D eigenvalue weighted by molar-refractivity contribution is 7.89. The van der Waals surface area contributed by atoms with Crippen LogP contribution in [0.4, 0.5) is 11.4 Å². The fourth-order valence-electron chi connectivity index (χ4n) is 1.77. The Labute approximate surface area is 134 Å². The van der Waals surface area contributed by atoms with Gasteiger partial charge in [-0.1, -0.05) is 6.07 Å². The molecule has 4 N–H and O–H groups in total. The molecule has 122 valence electrons. The maximum atomic E-state index is 12.1. The molecule has 0 spiro atoms. The number of nitrogen functional groups attached to an aromatic ring is 1. The van der Waals surface area contributed by atoms with Crippen molar-refractivity contribution in [1.82, 2.24) is 4.83 Å². The lowest BCUT2D eigenvalue weighted by Gasteiger charge is -2.10. The molecule has 0 aromatic heterocycles. The van der Waals surface area contributed by atoms with Crippen molar-refractivity contribution in [1.29, 1.82) is 0 Å². The Hall–Kier alpha value is -2.58. The number of ether oxygens (including phenoxy) is 1. The molecule has 0 aliphatic carbocycles. The van der Waals surface area contributed by atoms with Gasteiger partial charge in [-0.3, -0.25) is 0 Å². The first-order valence-corrected chi connectivity index (χ1v) is 8.31. The molecule has 0 saturated carbocycles. The Balaban J connectivity index is 2.04. The van der Waals surface area contributed by atoms with Crippen LogP contribution in [0.25, 0.3) is 0 Å². The van der Waals surface area contributed by atoms with Crippen molar-refractivity contribution in [3.63, 3.8) is 0 Å². The summed E-state index contributed by atoms with van der Waals surface area (Å²) in [7, 11) is -3.75. The number of nitrogens with two attached hydrogens (primary N) is 1. The van der Waals surface area contributed by atoms with Crippen molar-refractivity contribution in [2.75, 3.05) is 17.8 Å². The minimum Gasteiger partial charge on any atom is -0.462 e. The molecule has 8 heteroatoms. The standard InChI is InChI=1S/C15H17N3O4S/c1-2-22-15(19)11-6-8-13(9-7-11)17-18-23(20,21)14-5-3-4-12(16)10-14/h3-10,17-18H,2,16H2,1H3. The lowest BCUT2D eigenvalue weighted by Crippen LogP contribution is -2.29. The van der Waals surface area contributed by atoms with E-state index in [-0.39, 0.29) is 4.90 Å². The summed E-state index contributed by atoms with van der Waals surface area (Å²) >= 11 is 0. The molecule has 0 aliphatic rings. The molecule has 0 bridgehead atoms. The fourth-order valence-corrected chi connectivity index (χ4v) is 2.69. The SMILES string of the molecule is CCOC(=O)c1ccc(NNS(=O)(=O)c2cccc(N)c2)cc1. The lowest BCUT2D eigenvalue weighted by atomic mass is 10.2. The second kappa shape index (κ2) is 7.12. The minimum absolute atomic E-state index is 0.0492. The largest absolute Gasteiger partial charge is 0.462 e. The Morgan fingerprint density at radius 1 is 1.17 bits per heavy atom. The molecule has 0 unspecified atom stereocenters. The number of carbonyl (C=O) groups excluding carboxylic acids is 1. The summed E-state index contributed by atoms with van der Waals surface area (Å²) in [5.74, 6) is -0.431. The number of hydrazine groups is 1. The Kier molecular flexibility index (Phi) is 5.20. The third kappa shape index (κ3) is 4.44. The van der Waals surface area contributed by atoms with Crippen LogP contribution in [0, 0.1) is 0 Å². The summed E-state index contributed by atoms with van der Waals surface area (Å²) in [5.41, 5.74) is 9.36. The van der Waals surface area contributed by atoms with Crippen LogP contribution in [0.5, 0.6) is 0 Å². The highest BCUT2D eigenvalue weighted by atomic mass is 32.2. The van der Waals surface area contributed by atoms with Gasteiger partial charge in [-0.05, 0) is 49.4 Å². The number of hydrogen-bond donors (Lipinski definition) is 3. The highest BCUT2D eigenvalue weighted by Gasteiger charge is 2.13. The van der Waals surface area contributed by atoms with E-state index in [2.05, 4.69) is 10.3 Å². The molecule has 0 atom stereocenters. The first-order valence-electron chi connectivity index (χ1n) is 6.83. The van der Waals surface area contributed by atoms with E-state index in [9.17, 15) is 13.2 Å². The molecule has 23 heavy (non-hydrogen) atoms. The van der Waals surface area contributed by atoms with E-state index < -0.39 is 16.0 Å². The van der Waals surface area contributed by atoms with Crippen molar-refractivity contribution < 1.29 is 17.9 Å². The van der Waals surface area contributed by atoms with Crippen molar-refractivity contribution in [3.8, 4) is 0 Å². The normalized spacial score (nSPS) is 11.0. The number of hydrogen-bond acceptors (Lipinski definition) is 6. The van der Waals surface area contributed by atoms with Gasteiger partial charge in [-0.25, -0.2) is 13.2 Å². The first-order chi connectivity index (χ1) is 10.9. The maximum absolute atomic E-state index is 12.1. The molecule has 2 rings (SSSR count). The number of anilines is 2. The molecular formula is C15H17N3O4S. The fraction of sp³-hybridized carbons (Fsp3) is 0.133. The molecule has 0 aliphatic heterocycles. The Morgan fingerprint density at radius 2 is 1.87 bits per heavy atom. The number of sulfonamides is 1. The van der Waals surface area contributed by atoms with Gasteiger partial charge in [0.2, 0.25) is 0 Å². The molecule has 7 nitrogen and oxygen atoms in total. The minimum atomic E-state index is -3.75. The zero-order chi connectivity index (χ0) is 16.9. The first kappa shape index (κ1) is 16.8. The van der Waals surface area contributed by atoms with Crippen molar-refractivity contribution >= 4 is 27.4 Å². The van der Waals surface area contributed by atoms with E-state index in [0.717, 1.165) is 0 Å². The van der Waals surface area contributed by atoms with E-state index in [1.165, 1.54) is 24.3 Å². The topological polar surface area (TPSA) is 111 Å². The summed E-state index contributed by atoms with van der Waals surface area (Å²) in [6.07, 6.45) is 0. The number of carbonyl (C=O) groups is 1. The quantitative estimate of drug-likeness (QED) is 0.421. The van der Waals surface area contributed by atoms with Crippen LogP contribution in [0.15, 0.2) is 53.4 Å². The second-order valence-corrected chi connectivity index (χ2v) is 6.28. The third-order valence-corrected chi connectivity index (χ3v) is 4.14. The van der Waals surface area contributed by atoms with Crippen LogP contribution in [-0.2, 0) is 14.8 Å². The highest BCUT2D eigenvalue weighted by Crippen LogP contribution is 2.14. The number of esters is 1. The number of nitrogens with one attached hydrogen (secondary N) is 2. The van der Waals surface area contributed by atoms with E-state index in [4.69, 9.17) is 10.5 Å². The molecule has 2 aromatic rings. The van der Waals surface area contributed by atoms with Crippen molar-refractivity contribution in [2.24, 2.45) is 0 Å². The summed E-state index contributed by atoms with van der Waals surface area (Å²) < 4.78 is 29.1.